The number of carbonyl (C=O) groups is 1. The van der Waals surface area contributed by atoms with Crippen molar-refractivity contribution in [1.29, 1.82) is 0 Å². The van der Waals surface area contributed by atoms with Crippen molar-refractivity contribution in [3.8, 4) is 5.75 Å². The van der Waals surface area contributed by atoms with Gasteiger partial charge in [0.25, 0.3) is 0 Å². The van der Waals surface area contributed by atoms with Crippen LogP contribution in [0.1, 0.15) is 6.92 Å². The van der Waals surface area contributed by atoms with Crippen molar-refractivity contribution in [2.75, 3.05) is 45.9 Å². The molecular formula is C16H26Cl3N3O2. The average molecular weight is 399 g/mol. The average Bonchev–Trinajstić information content (AvgIpc) is 2.56. The topological polar surface area (TPSA) is 58.8 Å². The number of ether oxygens (including phenoxy) is 1. The molecule has 1 unspecified atom stereocenters. The van der Waals surface area contributed by atoms with Crippen LogP contribution in [-0.4, -0.2) is 61.6 Å². The highest BCUT2D eigenvalue weighted by atomic mass is 35.5. The number of rotatable bonds is 6. The molecule has 2 N–H and O–H groups in total. The number of piperazine rings is 1. The zero-order valence-corrected chi connectivity index (χ0v) is 16.2. The Bertz CT molecular complexity index is 480. The maximum absolute atomic E-state index is 12.1. The van der Waals surface area contributed by atoms with Gasteiger partial charge in [-0.3, -0.25) is 9.69 Å². The zero-order chi connectivity index (χ0) is 15.9. The van der Waals surface area contributed by atoms with Gasteiger partial charge in [-0.2, -0.15) is 0 Å². The van der Waals surface area contributed by atoms with E-state index in [9.17, 15) is 4.79 Å². The number of hydrogen-bond acceptors (Lipinski definition) is 4. The van der Waals surface area contributed by atoms with E-state index >= 15 is 0 Å². The minimum Gasteiger partial charge on any atom is -0.492 e. The van der Waals surface area contributed by atoms with E-state index in [4.69, 9.17) is 22.1 Å². The molecule has 1 fully saturated rings. The third-order valence-electron chi connectivity index (χ3n) is 3.95. The predicted molar refractivity (Wildman–Crippen MR) is 103 cm³/mol. The number of halogens is 3. The van der Waals surface area contributed by atoms with Crippen LogP contribution in [0.25, 0.3) is 0 Å². The standard InChI is InChI=1S/C16H24ClN3O2.2ClH/c1-13(12-18)16(21)20-8-6-19(7-9-20)10-11-22-15-4-2-14(17)3-5-15;;/h2-5,13H,6-12,18H2,1H3;2*1H. The molecule has 1 aliphatic heterocycles. The minimum atomic E-state index is -0.0835. The highest BCUT2D eigenvalue weighted by Gasteiger charge is 2.23. The van der Waals surface area contributed by atoms with E-state index in [1.807, 2.05) is 36.1 Å². The highest BCUT2D eigenvalue weighted by molar-refractivity contribution is 6.30. The van der Waals surface area contributed by atoms with Crippen molar-refractivity contribution in [1.82, 2.24) is 9.80 Å². The van der Waals surface area contributed by atoms with Gasteiger partial charge < -0.3 is 15.4 Å². The molecule has 1 aliphatic rings. The molecule has 8 heteroatoms. The van der Waals surface area contributed by atoms with E-state index in [0.29, 0.717) is 18.2 Å². The molecule has 1 aromatic rings. The Hall–Kier alpha value is -0.720. The van der Waals surface area contributed by atoms with Gasteiger partial charge in [0.05, 0.1) is 0 Å². The van der Waals surface area contributed by atoms with Crippen LogP contribution in [0.2, 0.25) is 5.02 Å². The molecule has 0 aliphatic carbocycles. The summed E-state index contributed by atoms with van der Waals surface area (Å²) in [6.45, 7) is 7.09. The van der Waals surface area contributed by atoms with Crippen LogP contribution in [0.5, 0.6) is 5.75 Å². The molecule has 1 aromatic carbocycles. The summed E-state index contributed by atoms with van der Waals surface area (Å²) in [7, 11) is 0. The summed E-state index contributed by atoms with van der Waals surface area (Å²) in [5.74, 6) is 0.911. The lowest BCUT2D eigenvalue weighted by atomic mass is 10.1. The third kappa shape index (κ3) is 7.03. The molecule has 138 valence electrons. The number of benzene rings is 1. The molecule has 24 heavy (non-hydrogen) atoms. The van der Waals surface area contributed by atoms with Gasteiger partial charge in [0, 0.05) is 50.2 Å². The molecule has 0 saturated carbocycles. The number of amides is 1. The van der Waals surface area contributed by atoms with Crippen LogP contribution < -0.4 is 10.5 Å². The molecule has 0 radical (unpaired) electrons. The van der Waals surface area contributed by atoms with E-state index in [-0.39, 0.29) is 36.6 Å². The lowest BCUT2D eigenvalue weighted by Crippen LogP contribution is -2.51. The highest BCUT2D eigenvalue weighted by Crippen LogP contribution is 2.15. The fourth-order valence-electron chi connectivity index (χ4n) is 2.43. The molecule has 2 rings (SSSR count). The second-order valence-electron chi connectivity index (χ2n) is 5.61. The van der Waals surface area contributed by atoms with Crippen molar-refractivity contribution in [2.24, 2.45) is 11.7 Å². The zero-order valence-electron chi connectivity index (χ0n) is 13.8. The lowest BCUT2D eigenvalue weighted by Gasteiger charge is -2.35. The van der Waals surface area contributed by atoms with Crippen molar-refractivity contribution < 1.29 is 9.53 Å². The van der Waals surface area contributed by atoms with E-state index in [2.05, 4.69) is 4.90 Å². The Morgan fingerprint density at radius 1 is 1.21 bits per heavy atom. The minimum absolute atomic E-state index is 0. The molecule has 0 spiro atoms. The summed E-state index contributed by atoms with van der Waals surface area (Å²) in [4.78, 5) is 16.3. The second kappa shape index (κ2) is 11.8. The van der Waals surface area contributed by atoms with Crippen molar-refractivity contribution in [3.05, 3.63) is 29.3 Å². The number of hydrogen-bond donors (Lipinski definition) is 1. The summed E-state index contributed by atoms with van der Waals surface area (Å²) in [6, 6.07) is 7.38. The van der Waals surface area contributed by atoms with Crippen LogP contribution in [0.3, 0.4) is 0 Å². The monoisotopic (exact) mass is 397 g/mol. The molecule has 1 saturated heterocycles. The van der Waals surface area contributed by atoms with E-state index in [1.165, 1.54) is 0 Å². The maximum atomic E-state index is 12.1. The smallest absolute Gasteiger partial charge is 0.226 e. The first kappa shape index (κ1) is 23.3. The summed E-state index contributed by atoms with van der Waals surface area (Å²) in [6.07, 6.45) is 0. The third-order valence-corrected chi connectivity index (χ3v) is 4.20. The summed E-state index contributed by atoms with van der Waals surface area (Å²) >= 11 is 5.84. The summed E-state index contributed by atoms with van der Waals surface area (Å²) in [5, 5.41) is 0.708. The van der Waals surface area contributed by atoms with Gasteiger partial charge in [-0.15, -0.1) is 24.8 Å². The molecule has 1 amide bonds. The van der Waals surface area contributed by atoms with Crippen LogP contribution in [0, 0.1) is 5.92 Å². The largest absolute Gasteiger partial charge is 0.492 e. The maximum Gasteiger partial charge on any atom is 0.226 e. The number of nitrogens with zero attached hydrogens (tertiary/aromatic N) is 2. The molecule has 1 atom stereocenters. The fraction of sp³-hybridized carbons (Fsp3) is 0.562. The number of carbonyl (C=O) groups excluding carboxylic acids is 1. The van der Waals surface area contributed by atoms with Crippen molar-refractivity contribution in [2.45, 2.75) is 6.92 Å². The van der Waals surface area contributed by atoms with Crippen molar-refractivity contribution >= 4 is 42.3 Å². The van der Waals surface area contributed by atoms with Gasteiger partial charge in [0.2, 0.25) is 5.91 Å². The Labute approximate surface area is 161 Å². The first-order chi connectivity index (χ1) is 10.6. The van der Waals surface area contributed by atoms with Crippen LogP contribution >= 0.6 is 36.4 Å². The summed E-state index contributed by atoms with van der Waals surface area (Å²) in [5.41, 5.74) is 5.55. The fourth-order valence-corrected chi connectivity index (χ4v) is 2.55. The van der Waals surface area contributed by atoms with Gasteiger partial charge in [0.15, 0.2) is 0 Å². The van der Waals surface area contributed by atoms with Crippen molar-refractivity contribution in [3.63, 3.8) is 0 Å². The SMILES string of the molecule is CC(CN)C(=O)N1CCN(CCOc2ccc(Cl)cc2)CC1.Cl.Cl. The van der Waals surface area contributed by atoms with E-state index in [1.54, 1.807) is 0 Å². The molecule has 1 heterocycles. The second-order valence-corrected chi connectivity index (χ2v) is 6.04. The molecular weight excluding hydrogens is 373 g/mol. The Morgan fingerprint density at radius 3 is 2.33 bits per heavy atom. The molecule has 0 aromatic heterocycles. The van der Waals surface area contributed by atoms with Gasteiger partial charge in [-0.1, -0.05) is 18.5 Å². The van der Waals surface area contributed by atoms with E-state index in [0.717, 1.165) is 38.5 Å². The number of nitrogens with two attached hydrogens (primary N) is 1. The van der Waals surface area contributed by atoms with Crippen LogP contribution in [-0.2, 0) is 4.79 Å². The van der Waals surface area contributed by atoms with Crippen LogP contribution in [0.4, 0.5) is 0 Å². The predicted octanol–water partition coefficient (Wildman–Crippen LogP) is 2.30. The van der Waals surface area contributed by atoms with E-state index < -0.39 is 0 Å². The molecule has 5 nitrogen and oxygen atoms in total. The first-order valence-electron chi connectivity index (χ1n) is 7.69. The van der Waals surface area contributed by atoms with Gasteiger partial charge in [-0.05, 0) is 24.3 Å². The Kier molecular flexibility index (Phi) is 11.4. The Morgan fingerprint density at radius 2 is 1.79 bits per heavy atom. The summed E-state index contributed by atoms with van der Waals surface area (Å²) < 4.78 is 5.70. The first-order valence-corrected chi connectivity index (χ1v) is 8.07. The molecule has 0 bridgehead atoms. The quantitative estimate of drug-likeness (QED) is 0.799. The van der Waals surface area contributed by atoms with Crippen LogP contribution in [0.15, 0.2) is 24.3 Å². The lowest BCUT2D eigenvalue weighted by molar-refractivity contribution is -0.136. The van der Waals surface area contributed by atoms with Gasteiger partial charge in [-0.25, -0.2) is 0 Å². The van der Waals surface area contributed by atoms with Gasteiger partial charge >= 0.3 is 0 Å². The van der Waals surface area contributed by atoms with Gasteiger partial charge in [0.1, 0.15) is 12.4 Å². The Balaban J connectivity index is 0.00000264. The normalized spacial score (nSPS) is 15.9.